The van der Waals surface area contributed by atoms with E-state index in [0.717, 1.165) is 0 Å². The molecule has 0 radical (unpaired) electrons. The van der Waals surface area contributed by atoms with Gasteiger partial charge in [-0.15, -0.1) is 0 Å². The number of aliphatic hydroxyl groups excluding tert-OH is 2. The van der Waals surface area contributed by atoms with Crippen molar-refractivity contribution in [2.75, 3.05) is 26.4 Å². The van der Waals surface area contributed by atoms with Crippen molar-refractivity contribution in [2.45, 2.75) is 12.2 Å². The predicted octanol–water partition coefficient (Wildman–Crippen LogP) is -1.24. The third kappa shape index (κ3) is 1.67. The van der Waals surface area contributed by atoms with Crippen molar-refractivity contribution in [3.05, 3.63) is 0 Å². The molecule has 60 valence electrons. The highest BCUT2D eigenvalue weighted by atomic mass is 16.6. The largest absolute Gasteiger partial charge is 0.394 e. The number of hydrogen-bond acceptors (Lipinski definition) is 4. The van der Waals surface area contributed by atoms with Crippen LogP contribution in [0.2, 0.25) is 0 Å². The first-order valence-electron chi connectivity index (χ1n) is 3.33. The smallest absolute Gasteiger partial charge is 0.109 e. The van der Waals surface area contributed by atoms with Crippen LogP contribution in [0.4, 0.5) is 0 Å². The van der Waals surface area contributed by atoms with Gasteiger partial charge in [-0.25, -0.2) is 0 Å². The molecule has 10 heavy (non-hydrogen) atoms. The van der Waals surface area contributed by atoms with Crippen LogP contribution in [0.15, 0.2) is 0 Å². The molecule has 1 aliphatic rings. The third-order valence-corrected chi connectivity index (χ3v) is 1.52. The summed E-state index contributed by atoms with van der Waals surface area (Å²) in [5.41, 5.74) is 0. The zero-order valence-corrected chi connectivity index (χ0v) is 5.69. The maximum atomic E-state index is 8.68. The van der Waals surface area contributed by atoms with Crippen LogP contribution in [-0.2, 0) is 9.47 Å². The van der Waals surface area contributed by atoms with Gasteiger partial charge in [0.2, 0.25) is 0 Å². The number of hydrogen-bond donors (Lipinski definition) is 2. The average molecular weight is 148 g/mol. The van der Waals surface area contributed by atoms with Crippen molar-refractivity contribution in [1.29, 1.82) is 0 Å². The molecule has 1 saturated heterocycles. The van der Waals surface area contributed by atoms with Crippen molar-refractivity contribution in [2.24, 2.45) is 0 Å². The van der Waals surface area contributed by atoms with Crippen LogP contribution >= 0.6 is 0 Å². The Hall–Kier alpha value is -0.160. The summed E-state index contributed by atoms with van der Waals surface area (Å²) in [7, 11) is 0. The van der Waals surface area contributed by atoms with Gasteiger partial charge in [-0.05, 0) is 0 Å². The van der Waals surface area contributed by atoms with Gasteiger partial charge in [-0.3, -0.25) is 0 Å². The van der Waals surface area contributed by atoms with Gasteiger partial charge in [0.25, 0.3) is 0 Å². The summed E-state index contributed by atoms with van der Waals surface area (Å²) in [5.74, 6) is 0. The molecule has 1 heterocycles. The molecule has 0 aliphatic carbocycles. The highest BCUT2D eigenvalue weighted by Crippen LogP contribution is 2.08. The second kappa shape index (κ2) is 3.88. The van der Waals surface area contributed by atoms with Gasteiger partial charge in [0, 0.05) is 0 Å². The van der Waals surface area contributed by atoms with E-state index in [0.29, 0.717) is 13.2 Å². The van der Waals surface area contributed by atoms with E-state index in [9.17, 15) is 0 Å². The zero-order chi connectivity index (χ0) is 7.40. The standard InChI is InChI=1S/C6H12O4/c7-3-5-6(4-8)10-2-1-9-5/h5-8H,1-4H2. The fourth-order valence-electron chi connectivity index (χ4n) is 0.954. The van der Waals surface area contributed by atoms with Gasteiger partial charge in [0.05, 0.1) is 26.4 Å². The molecule has 0 aromatic rings. The predicted molar refractivity (Wildman–Crippen MR) is 33.7 cm³/mol. The molecule has 0 saturated carbocycles. The Labute approximate surface area is 59.4 Å². The summed E-state index contributed by atoms with van der Waals surface area (Å²) in [6.45, 7) is 0.819. The fourth-order valence-corrected chi connectivity index (χ4v) is 0.954. The van der Waals surface area contributed by atoms with Gasteiger partial charge in [0.1, 0.15) is 12.2 Å². The highest BCUT2D eigenvalue weighted by Gasteiger charge is 2.24. The van der Waals surface area contributed by atoms with E-state index in [2.05, 4.69) is 0 Å². The summed E-state index contributed by atoms with van der Waals surface area (Å²) < 4.78 is 10.2. The molecule has 0 amide bonds. The van der Waals surface area contributed by atoms with E-state index < -0.39 is 0 Å². The molecular weight excluding hydrogens is 136 g/mol. The highest BCUT2D eigenvalue weighted by molar-refractivity contribution is 4.71. The summed E-state index contributed by atoms with van der Waals surface area (Å²) in [5, 5.41) is 17.4. The molecule has 4 heteroatoms. The fraction of sp³-hybridized carbons (Fsp3) is 1.00. The summed E-state index contributed by atoms with van der Waals surface area (Å²) >= 11 is 0. The molecule has 0 bridgehead atoms. The van der Waals surface area contributed by atoms with Gasteiger partial charge in [-0.1, -0.05) is 0 Å². The monoisotopic (exact) mass is 148 g/mol. The molecule has 2 unspecified atom stereocenters. The molecule has 0 spiro atoms. The first-order chi connectivity index (χ1) is 4.88. The minimum absolute atomic E-state index is 0.0920. The molecule has 1 aliphatic heterocycles. The van der Waals surface area contributed by atoms with Gasteiger partial charge in [0.15, 0.2) is 0 Å². The van der Waals surface area contributed by atoms with Crippen molar-refractivity contribution in [1.82, 2.24) is 0 Å². The minimum Gasteiger partial charge on any atom is -0.394 e. The van der Waals surface area contributed by atoms with Crippen molar-refractivity contribution in [3.63, 3.8) is 0 Å². The summed E-state index contributed by atoms with van der Waals surface area (Å²) in [6.07, 6.45) is -0.697. The Kier molecular flexibility index (Phi) is 3.08. The summed E-state index contributed by atoms with van der Waals surface area (Å²) in [4.78, 5) is 0. The molecule has 1 rings (SSSR count). The Balaban J connectivity index is 2.34. The van der Waals surface area contributed by atoms with Crippen LogP contribution in [-0.4, -0.2) is 48.8 Å². The number of ether oxygens (including phenoxy) is 2. The Bertz CT molecular complexity index is 83.7. The average Bonchev–Trinajstić information content (AvgIpc) is 2.04. The summed E-state index contributed by atoms with van der Waals surface area (Å²) in [6, 6.07) is 0. The molecule has 1 fully saturated rings. The van der Waals surface area contributed by atoms with Crippen molar-refractivity contribution < 1.29 is 19.7 Å². The molecule has 0 aromatic heterocycles. The van der Waals surface area contributed by atoms with Crippen LogP contribution in [0.5, 0.6) is 0 Å². The lowest BCUT2D eigenvalue weighted by Crippen LogP contribution is -2.42. The number of aliphatic hydroxyl groups is 2. The molecule has 2 atom stereocenters. The maximum Gasteiger partial charge on any atom is 0.109 e. The maximum absolute atomic E-state index is 8.68. The van der Waals surface area contributed by atoms with E-state index in [1.807, 2.05) is 0 Å². The van der Waals surface area contributed by atoms with E-state index in [1.165, 1.54) is 0 Å². The minimum atomic E-state index is -0.348. The molecule has 0 aromatic carbocycles. The Morgan fingerprint density at radius 2 is 1.40 bits per heavy atom. The lowest BCUT2D eigenvalue weighted by Gasteiger charge is -2.28. The van der Waals surface area contributed by atoms with Crippen LogP contribution in [0.25, 0.3) is 0 Å². The van der Waals surface area contributed by atoms with Crippen LogP contribution < -0.4 is 0 Å². The number of rotatable bonds is 2. The first-order valence-corrected chi connectivity index (χ1v) is 3.33. The lowest BCUT2D eigenvalue weighted by molar-refractivity contribution is -0.164. The third-order valence-electron chi connectivity index (χ3n) is 1.52. The second-order valence-electron chi connectivity index (χ2n) is 2.18. The van der Waals surface area contributed by atoms with Crippen LogP contribution in [0.1, 0.15) is 0 Å². The van der Waals surface area contributed by atoms with E-state index in [4.69, 9.17) is 19.7 Å². The van der Waals surface area contributed by atoms with Gasteiger partial charge in [-0.2, -0.15) is 0 Å². The van der Waals surface area contributed by atoms with Crippen molar-refractivity contribution in [3.8, 4) is 0 Å². The second-order valence-corrected chi connectivity index (χ2v) is 2.18. The first kappa shape index (κ1) is 7.94. The normalized spacial score (nSPS) is 34.2. The van der Waals surface area contributed by atoms with Gasteiger partial charge < -0.3 is 19.7 Å². The zero-order valence-electron chi connectivity index (χ0n) is 5.69. The molecule has 2 N–H and O–H groups in total. The van der Waals surface area contributed by atoms with E-state index in [-0.39, 0.29) is 25.4 Å². The van der Waals surface area contributed by atoms with Crippen molar-refractivity contribution >= 4 is 0 Å². The molecule has 4 nitrogen and oxygen atoms in total. The van der Waals surface area contributed by atoms with Crippen LogP contribution in [0.3, 0.4) is 0 Å². The van der Waals surface area contributed by atoms with E-state index in [1.54, 1.807) is 0 Å². The SMILES string of the molecule is OCC1OCCOC1CO. The van der Waals surface area contributed by atoms with Gasteiger partial charge >= 0.3 is 0 Å². The Morgan fingerprint density at radius 1 is 1.00 bits per heavy atom. The van der Waals surface area contributed by atoms with E-state index >= 15 is 0 Å². The quantitative estimate of drug-likeness (QED) is 0.514. The lowest BCUT2D eigenvalue weighted by atomic mass is 10.2. The van der Waals surface area contributed by atoms with Crippen LogP contribution in [0, 0.1) is 0 Å². The topological polar surface area (TPSA) is 58.9 Å². The molecular formula is C6H12O4. The Morgan fingerprint density at radius 3 is 1.70 bits per heavy atom.